The van der Waals surface area contributed by atoms with E-state index in [-0.39, 0.29) is 18.6 Å². The molecule has 0 aliphatic carbocycles. The van der Waals surface area contributed by atoms with Gasteiger partial charge in [-0.2, -0.15) is 0 Å². The number of piperidine rings is 1. The van der Waals surface area contributed by atoms with Crippen LogP contribution in [-0.2, 0) is 4.74 Å². The molecule has 0 bridgehead atoms. The predicted octanol–water partition coefficient (Wildman–Crippen LogP) is 4.01. The lowest BCUT2D eigenvalue weighted by Gasteiger charge is -2.50. The Hall–Kier alpha value is -2.91. The van der Waals surface area contributed by atoms with E-state index < -0.39 is 18.1 Å². The molecule has 3 rings (SSSR count). The van der Waals surface area contributed by atoms with E-state index >= 15 is 0 Å². The average Bonchev–Trinajstić information content (AvgIpc) is 2.83. The van der Waals surface area contributed by atoms with Crippen molar-refractivity contribution in [3.05, 3.63) is 60.3 Å². The lowest BCUT2D eigenvalue weighted by atomic mass is 9.87. The van der Waals surface area contributed by atoms with Gasteiger partial charge in [-0.25, -0.2) is 8.78 Å². The molecule has 0 radical (unpaired) electrons. The van der Waals surface area contributed by atoms with E-state index in [9.17, 15) is 13.6 Å². The van der Waals surface area contributed by atoms with Crippen LogP contribution in [0.15, 0.2) is 54.8 Å². The Morgan fingerprint density at radius 1 is 1.28 bits per heavy atom. The third kappa shape index (κ3) is 7.07. The van der Waals surface area contributed by atoms with Gasteiger partial charge < -0.3 is 24.8 Å². The van der Waals surface area contributed by atoms with Crippen molar-refractivity contribution in [3.63, 3.8) is 0 Å². The first-order valence-electron chi connectivity index (χ1n) is 12.2. The number of rotatable bonds is 9. The summed E-state index contributed by atoms with van der Waals surface area (Å²) in [7, 11) is 1.54. The fourth-order valence-electron chi connectivity index (χ4n) is 4.69. The van der Waals surface area contributed by atoms with E-state index in [0.717, 1.165) is 0 Å². The van der Waals surface area contributed by atoms with Gasteiger partial charge in [0.2, 0.25) is 0 Å². The SMILES string of the molecule is C=C(/C=C\C=C/N)C1CN(CC(F)F)CC2(CCN(C(=O)c3ccc(OC(C)C)c(OC)c3)CC2)O1. The summed E-state index contributed by atoms with van der Waals surface area (Å²) in [6.45, 7) is 9.25. The molecule has 9 heteroatoms. The Kier molecular flexibility index (Phi) is 9.50. The van der Waals surface area contributed by atoms with Gasteiger partial charge in [-0.15, -0.1) is 0 Å². The van der Waals surface area contributed by atoms with Crippen LogP contribution in [0.4, 0.5) is 8.78 Å². The van der Waals surface area contributed by atoms with Crippen molar-refractivity contribution in [2.75, 3.05) is 39.8 Å². The second-order valence-electron chi connectivity index (χ2n) is 9.52. The monoisotopic (exact) mass is 505 g/mol. The van der Waals surface area contributed by atoms with Gasteiger partial charge in [-0.3, -0.25) is 9.69 Å². The normalized spacial score (nSPS) is 20.6. The topological polar surface area (TPSA) is 77.3 Å². The number of nitrogens with two attached hydrogens (primary N) is 1. The lowest BCUT2D eigenvalue weighted by molar-refractivity contribution is -0.165. The Morgan fingerprint density at radius 3 is 2.61 bits per heavy atom. The van der Waals surface area contributed by atoms with Crippen LogP contribution in [0, 0.1) is 0 Å². The number of benzene rings is 1. The van der Waals surface area contributed by atoms with Crippen molar-refractivity contribution in [1.29, 1.82) is 0 Å². The molecule has 2 N–H and O–H groups in total. The molecule has 36 heavy (non-hydrogen) atoms. The molecule has 1 aromatic rings. The second kappa shape index (κ2) is 12.4. The molecular formula is C27H37F2N3O4. The predicted molar refractivity (Wildman–Crippen MR) is 136 cm³/mol. The van der Waals surface area contributed by atoms with E-state index in [1.54, 1.807) is 53.3 Å². The van der Waals surface area contributed by atoms with Gasteiger partial charge in [0.1, 0.15) is 0 Å². The van der Waals surface area contributed by atoms with E-state index in [0.29, 0.717) is 61.7 Å². The van der Waals surface area contributed by atoms with Crippen LogP contribution in [0.5, 0.6) is 11.5 Å². The molecule has 7 nitrogen and oxygen atoms in total. The van der Waals surface area contributed by atoms with Crippen LogP contribution in [0.3, 0.4) is 0 Å². The van der Waals surface area contributed by atoms with Crippen LogP contribution in [0.1, 0.15) is 37.0 Å². The second-order valence-corrected chi connectivity index (χ2v) is 9.52. The van der Waals surface area contributed by atoms with Crippen molar-refractivity contribution >= 4 is 5.91 Å². The molecule has 0 saturated carbocycles. The number of nitrogens with zero attached hydrogens (tertiary/aromatic N) is 2. The van der Waals surface area contributed by atoms with Gasteiger partial charge in [-0.05, 0) is 62.7 Å². The maximum absolute atomic E-state index is 13.3. The zero-order chi connectivity index (χ0) is 26.3. The maximum Gasteiger partial charge on any atom is 0.253 e. The maximum atomic E-state index is 13.3. The zero-order valence-corrected chi connectivity index (χ0v) is 21.3. The standard InChI is InChI=1S/C27H37F2N3O4/c1-19(2)35-22-9-8-21(15-23(22)34-4)26(33)32-13-10-27(11-14-32)18-31(17-25(28)29)16-24(36-27)20(3)7-5-6-12-30/h5-9,12,15,19,24-25H,3,10-11,13-14,16-18,30H2,1-2,4H3/b7-5-,12-6-. The number of alkyl halides is 2. The summed E-state index contributed by atoms with van der Waals surface area (Å²) < 4.78 is 44.1. The van der Waals surface area contributed by atoms with Gasteiger partial charge in [0.05, 0.1) is 31.5 Å². The van der Waals surface area contributed by atoms with Gasteiger partial charge in [0.15, 0.2) is 11.5 Å². The molecule has 2 fully saturated rings. The fraction of sp³-hybridized carbons (Fsp3) is 0.519. The van der Waals surface area contributed by atoms with Crippen molar-refractivity contribution in [2.45, 2.75) is 50.9 Å². The first-order valence-corrected chi connectivity index (χ1v) is 12.2. The van der Waals surface area contributed by atoms with Gasteiger partial charge >= 0.3 is 0 Å². The van der Waals surface area contributed by atoms with Crippen molar-refractivity contribution in [3.8, 4) is 11.5 Å². The number of morpholine rings is 1. The summed E-state index contributed by atoms with van der Waals surface area (Å²) in [6, 6.07) is 5.16. The molecule has 1 aromatic carbocycles. The molecule has 2 aliphatic rings. The third-order valence-electron chi connectivity index (χ3n) is 6.41. The van der Waals surface area contributed by atoms with Crippen LogP contribution in [-0.4, -0.2) is 79.8 Å². The first kappa shape index (κ1) is 27.7. The minimum atomic E-state index is -2.44. The number of methoxy groups -OCH3 is 1. The largest absolute Gasteiger partial charge is 0.493 e. The van der Waals surface area contributed by atoms with Crippen molar-refractivity contribution in [1.82, 2.24) is 9.80 Å². The van der Waals surface area contributed by atoms with Crippen LogP contribution < -0.4 is 15.2 Å². The van der Waals surface area contributed by atoms with Crippen LogP contribution in [0.2, 0.25) is 0 Å². The highest BCUT2D eigenvalue weighted by Gasteiger charge is 2.44. The molecule has 198 valence electrons. The summed E-state index contributed by atoms with van der Waals surface area (Å²) >= 11 is 0. The van der Waals surface area contributed by atoms with E-state index in [4.69, 9.17) is 19.9 Å². The number of allylic oxidation sites excluding steroid dienone is 2. The highest BCUT2D eigenvalue weighted by Crippen LogP contribution is 2.36. The minimum absolute atomic E-state index is 0.0219. The molecule has 2 heterocycles. The number of carbonyl (C=O) groups is 1. The van der Waals surface area contributed by atoms with Gasteiger partial charge in [-0.1, -0.05) is 18.7 Å². The summed E-state index contributed by atoms with van der Waals surface area (Å²) in [4.78, 5) is 16.8. The van der Waals surface area contributed by atoms with Crippen LogP contribution >= 0.6 is 0 Å². The average molecular weight is 506 g/mol. The highest BCUT2D eigenvalue weighted by atomic mass is 19.3. The van der Waals surface area contributed by atoms with E-state index in [1.165, 1.54) is 6.20 Å². The number of carbonyl (C=O) groups excluding carboxylic acids is 1. The number of amides is 1. The van der Waals surface area contributed by atoms with E-state index in [1.807, 2.05) is 13.8 Å². The fourth-order valence-corrected chi connectivity index (χ4v) is 4.69. The summed E-state index contributed by atoms with van der Waals surface area (Å²) in [6.07, 6.45) is 4.81. The minimum Gasteiger partial charge on any atom is -0.493 e. The summed E-state index contributed by atoms with van der Waals surface area (Å²) in [5.41, 5.74) is 5.95. The smallest absolute Gasteiger partial charge is 0.253 e. The zero-order valence-electron chi connectivity index (χ0n) is 21.3. The van der Waals surface area contributed by atoms with Crippen molar-refractivity contribution < 1.29 is 27.8 Å². The summed E-state index contributed by atoms with van der Waals surface area (Å²) in [5, 5.41) is 0. The third-order valence-corrected chi connectivity index (χ3v) is 6.41. The Bertz CT molecular complexity index is 972. The highest BCUT2D eigenvalue weighted by molar-refractivity contribution is 5.95. The Labute approximate surface area is 212 Å². The van der Waals surface area contributed by atoms with Crippen molar-refractivity contribution in [2.24, 2.45) is 5.73 Å². The quantitative estimate of drug-likeness (QED) is 0.511. The van der Waals surface area contributed by atoms with Gasteiger partial charge in [0.25, 0.3) is 12.3 Å². The van der Waals surface area contributed by atoms with E-state index in [2.05, 4.69) is 6.58 Å². The lowest BCUT2D eigenvalue weighted by Crippen LogP contribution is -2.60. The first-order chi connectivity index (χ1) is 17.2. The number of halogens is 2. The number of hydrogen-bond donors (Lipinski definition) is 1. The number of hydrogen-bond acceptors (Lipinski definition) is 6. The molecule has 1 atom stereocenters. The molecule has 2 aliphatic heterocycles. The molecule has 0 aromatic heterocycles. The molecule has 1 spiro atoms. The molecule has 2 saturated heterocycles. The molecular weight excluding hydrogens is 468 g/mol. The Balaban J connectivity index is 1.71. The number of likely N-dealkylation sites (tertiary alicyclic amines) is 1. The summed E-state index contributed by atoms with van der Waals surface area (Å²) in [5.74, 6) is 0.968. The number of ether oxygens (including phenoxy) is 3. The molecule has 1 amide bonds. The van der Waals surface area contributed by atoms with Crippen LogP contribution in [0.25, 0.3) is 0 Å². The van der Waals surface area contributed by atoms with Gasteiger partial charge in [0, 0.05) is 31.7 Å². The Morgan fingerprint density at radius 2 is 2.00 bits per heavy atom. The molecule has 1 unspecified atom stereocenters.